The van der Waals surface area contributed by atoms with E-state index in [0.717, 1.165) is 5.56 Å². The zero-order chi connectivity index (χ0) is 13.2. The van der Waals surface area contributed by atoms with Gasteiger partial charge in [-0.25, -0.2) is 4.98 Å². The van der Waals surface area contributed by atoms with Crippen LogP contribution in [-0.4, -0.2) is 19.9 Å². The maximum Gasteiger partial charge on any atom is 0.278 e. The second-order valence-corrected chi connectivity index (χ2v) is 4.62. The SMILES string of the molecule is O=c1[nH]c(NCc2ccccc2)nc2nc(P)[nH]c12. The summed E-state index contributed by atoms with van der Waals surface area (Å²) in [5.74, 6) is 0.415. The van der Waals surface area contributed by atoms with Crippen molar-refractivity contribution >= 4 is 31.9 Å². The summed E-state index contributed by atoms with van der Waals surface area (Å²) in [6.45, 7) is 0.591. The zero-order valence-electron chi connectivity index (χ0n) is 9.97. The van der Waals surface area contributed by atoms with Crippen LogP contribution in [0.25, 0.3) is 11.2 Å². The fraction of sp³-hybridized carbons (Fsp3) is 0.0833. The van der Waals surface area contributed by atoms with Crippen molar-refractivity contribution < 1.29 is 0 Å². The van der Waals surface area contributed by atoms with Crippen molar-refractivity contribution in [2.45, 2.75) is 6.54 Å². The van der Waals surface area contributed by atoms with Crippen molar-refractivity contribution in [1.29, 1.82) is 0 Å². The lowest BCUT2D eigenvalue weighted by molar-refractivity contribution is 1.05. The Morgan fingerprint density at radius 3 is 2.74 bits per heavy atom. The minimum absolute atomic E-state index is 0.234. The van der Waals surface area contributed by atoms with E-state index in [2.05, 4.69) is 34.5 Å². The van der Waals surface area contributed by atoms with Crippen LogP contribution in [0.5, 0.6) is 0 Å². The Labute approximate surface area is 110 Å². The molecule has 0 fully saturated rings. The second kappa shape index (κ2) is 4.82. The molecule has 0 saturated carbocycles. The van der Waals surface area contributed by atoms with Crippen LogP contribution in [0.2, 0.25) is 0 Å². The van der Waals surface area contributed by atoms with E-state index < -0.39 is 0 Å². The Kier molecular flexibility index (Phi) is 3.01. The summed E-state index contributed by atoms with van der Waals surface area (Å²) in [4.78, 5) is 25.7. The molecule has 0 bridgehead atoms. The molecule has 0 aliphatic carbocycles. The fourth-order valence-electron chi connectivity index (χ4n) is 1.79. The van der Waals surface area contributed by atoms with Crippen molar-refractivity contribution in [2.75, 3.05) is 5.32 Å². The van der Waals surface area contributed by atoms with Crippen LogP contribution < -0.4 is 16.4 Å². The molecule has 0 aliphatic heterocycles. The number of aromatic amines is 2. The number of nitrogens with zero attached hydrogens (tertiary/aromatic N) is 2. The largest absolute Gasteiger partial charge is 0.352 e. The molecule has 6 nitrogen and oxygen atoms in total. The van der Waals surface area contributed by atoms with Crippen LogP contribution in [0, 0.1) is 0 Å². The van der Waals surface area contributed by atoms with Gasteiger partial charge in [-0.3, -0.25) is 9.78 Å². The molecule has 0 radical (unpaired) electrons. The van der Waals surface area contributed by atoms with Crippen molar-refractivity contribution in [3.63, 3.8) is 0 Å². The van der Waals surface area contributed by atoms with E-state index in [9.17, 15) is 4.79 Å². The normalized spacial score (nSPS) is 10.8. The zero-order valence-corrected chi connectivity index (χ0v) is 11.1. The summed E-state index contributed by atoms with van der Waals surface area (Å²) < 4.78 is 0. The highest BCUT2D eigenvalue weighted by Gasteiger charge is 2.07. The first-order chi connectivity index (χ1) is 9.22. The number of rotatable bonds is 3. The maximum atomic E-state index is 11.8. The van der Waals surface area contributed by atoms with Crippen molar-refractivity contribution in [1.82, 2.24) is 19.9 Å². The van der Waals surface area contributed by atoms with Gasteiger partial charge in [-0.05, 0) is 5.56 Å². The number of aromatic nitrogens is 4. The summed E-state index contributed by atoms with van der Waals surface area (Å²) in [5, 5.41) is 3.08. The monoisotopic (exact) mass is 273 g/mol. The molecule has 1 atom stereocenters. The molecule has 3 N–H and O–H groups in total. The standard InChI is InChI=1S/C12H12N5OP/c18-10-8-9(16-12(19)14-8)15-11(17-10)13-6-7-4-2-1-3-5-7/h1-5H,6,19H2,(H3,13,14,15,16,17,18). The number of benzene rings is 1. The molecule has 0 saturated heterocycles. The van der Waals surface area contributed by atoms with Gasteiger partial charge < -0.3 is 10.3 Å². The number of imidazole rings is 1. The van der Waals surface area contributed by atoms with Crippen molar-refractivity contribution in [3.05, 3.63) is 46.2 Å². The van der Waals surface area contributed by atoms with Gasteiger partial charge in [-0.15, -0.1) is 0 Å². The number of H-pyrrole nitrogens is 2. The van der Waals surface area contributed by atoms with Gasteiger partial charge in [-0.1, -0.05) is 39.6 Å². The van der Waals surface area contributed by atoms with E-state index >= 15 is 0 Å². The number of nitrogens with one attached hydrogen (secondary N) is 3. The van der Waals surface area contributed by atoms with E-state index in [0.29, 0.717) is 29.2 Å². The first-order valence-corrected chi connectivity index (χ1v) is 6.33. The Bertz CT molecular complexity index is 765. The van der Waals surface area contributed by atoms with E-state index in [1.54, 1.807) is 0 Å². The van der Waals surface area contributed by atoms with Gasteiger partial charge in [-0.2, -0.15) is 4.98 Å². The predicted molar refractivity (Wildman–Crippen MR) is 77.6 cm³/mol. The third-order valence-electron chi connectivity index (χ3n) is 2.68. The summed E-state index contributed by atoms with van der Waals surface area (Å²) in [5.41, 5.74) is 2.26. The predicted octanol–water partition coefficient (Wildman–Crippen LogP) is 0.759. The molecule has 2 aromatic heterocycles. The number of anilines is 1. The highest BCUT2D eigenvalue weighted by Crippen LogP contribution is 2.05. The van der Waals surface area contributed by atoms with Gasteiger partial charge in [0.15, 0.2) is 11.2 Å². The first-order valence-electron chi connectivity index (χ1n) is 5.76. The molecule has 3 rings (SSSR count). The maximum absolute atomic E-state index is 11.8. The van der Waals surface area contributed by atoms with Crippen LogP contribution in [0.15, 0.2) is 35.1 Å². The van der Waals surface area contributed by atoms with Gasteiger partial charge in [0, 0.05) is 6.54 Å². The molecule has 3 aromatic rings. The first kappa shape index (κ1) is 11.9. The molecular formula is C12H12N5OP. The van der Waals surface area contributed by atoms with E-state index in [1.807, 2.05) is 30.3 Å². The number of hydrogen-bond donors (Lipinski definition) is 3. The van der Waals surface area contributed by atoms with Crippen molar-refractivity contribution in [3.8, 4) is 0 Å². The fourth-order valence-corrected chi connectivity index (χ4v) is 2.06. The second-order valence-electron chi connectivity index (χ2n) is 4.07. The van der Waals surface area contributed by atoms with Crippen molar-refractivity contribution in [2.24, 2.45) is 0 Å². The third kappa shape index (κ3) is 2.48. The lowest BCUT2D eigenvalue weighted by Gasteiger charge is -2.04. The molecule has 2 heterocycles. The lowest BCUT2D eigenvalue weighted by atomic mass is 10.2. The molecule has 7 heteroatoms. The summed E-state index contributed by atoms with van der Waals surface area (Å²) in [6.07, 6.45) is 0. The number of fused-ring (bicyclic) bond motifs is 1. The summed E-state index contributed by atoms with van der Waals surface area (Å²) in [6, 6.07) is 9.88. The molecule has 0 spiro atoms. The van der Waals surface area contributed by atoms with Gasteiger partial charge in [0.25, 0.3) is 5.56 Å². The van der Waals surface area contributed by atoms with E-state index in [4.69, 9.17) is 0 Å². The van der Waals surface area contributed by atoms with Gasteiger partial charge in [0.2, 0.25) is 5.95 Å². The lowest BCUT2D eigenvalue weighted by Crippen LogP contribution is -2.13. The smallest absolute Gasteiger partial charge is 0.278 e. The Morgan fingerprint density at radius 2 is 1.95 bits per heavy atom. The summed E-state index contributed by atoms with van der Waals surface area (Å²) >= 11 is 0. The van der Waals surface area contributed by atoms with Gasteiger partial charge in [0.1, 0.15) is 5.57 Å². The minimum Gasteiger partial charge on any atom is -0.352 e. The topological polar surface area (TPSA) is 86.5 Å². The highest BCUT2D eigenvalue weighted by atomic mass is 31.0. The summed E-state index contributed by atoms with van der Waals surface area (Å²) in [7, 11) is 2.41. The minimum atomic E-state index is -0.234. The van der Waals surface area contributed by atoms with Crippen LogP contribution in [-0.2, 0) is 6.54 Å². The molecule has 96 valence electrons. The van der Waals surface area contributed by atoms with Gasteiger partial charge >= 0.3 is 0 Å². The molecular weight excluding hydrogens is 261 g/mol. The quantitative estimate of drug-likeness (QED) is 0.615. The molecule has 1 aromatic carbocycles. The molecule has 0 amide bonds. The van der Waals surface area contributed by atoms with Gasteiger partial charge in [0.05, 0.1) is 0 Å². The van der Waals surface area contributed by atoms with Crippen LogP contribution >= 0.6 is 9.24 Å². The highest BCUT2D eigenvalue weighted by molar-refractivity contribution is 7.26. The van der Waals surface area contributed by atoms with E-state index in [1.165, 1.54) is 0 Å². The van der Waals surface area contributed by atoms with Crippen LogP contribution in [0.3, 0.4) is 0 Å². The molecule has 19 heavy (non-hydrogen) atoms. The Balaban J connectivity index is 1.87. The Morgan fingerprint density at radius 1 is 1.16 bits per heavy atom. The number of hydrogen-bond acceptors (Lipinski definition) is 4. The average Bonchev–Trinajstić information content (AvgIpc) is 2.79. The average molecular weight is 273 g/mol. The van der Waals surface area contributed by atoms with E-state index in [-0.39, 0.29) is 5.56 Å². The van der Waals surface area contributed by atoms with Crippen LogP contribution in [0.4, 0.5) is 5.95 Å². The molecule has 0 aliphatic rings. The van der Waals surface area contributed by atoms with Crippen LogP contribution in [0.1, 0.15) is 5.56 Å². The Hall–Kier alpha value is -2.20. The third-order valence-corrected chi connectivity index (χ3v) is 2.96. The molecule has 1 unspecified atom stereocenters.